The van der Waals surface area contributed by atoms with E-state index in [4.69, 9.17) is 23.2 Å². The molecule has 2 nitrogen and oxygen atoms in total. The van der Waals surface area contributed by atoms with Crippen LogP contribution in [0, 0.1) is 11.8 Å². The Morgan fingerprint density at radius 2 is 1.62 bits per heavy atom. The number of carbonyl (C=O) groups is 2. The first-order valence-electron chi connectivity index (χ1n) is 3.67. The molecule has 0 bridgehead atoms. The fourth-order valence-corrected chi connectivity index (χ4v) is 4.39. The van der Waals surface area contributed by atoms with E-state index >= 15 is 0 Å². The summed E-state index contributed by atoms with van der Waals surface area (Å²) in [5.41, 5.74) is 0. The van der Waals surface area contributed by atoms with Crippen molar-refractivity contribution in [1.29, 1.82) is 0 Å². The van der Waals surface area contributed by atoms with E-state index in [9.17, 15) is 9.59 Å². The third kappa shape index (κ3) is 3.35. The molecule has 0 radical (unpaired) electrons. The molecule has 0 unspecified atom stereocenters. The second kappa shape index (κ2) is 5.49. The van der Waals surface area contributed by atoms with Crippen LogP contribution < -0.4 is 0 Å². The summed E-state index contributed by atoms with van der Waals surface area (Å²) < 4.78 is 0. The molecule has 1 heterocycles. The van der Waals surface area contributed by atoms with E-state index in [0.717, 1.165) is 16.6 Å². The van der Waals surface area contributed by atoms with E-state index in [0.29, 0.717) is 0 Å². The maximum Gasteiger partial charge on any atom is 0.233 e. The molecular weight excluding hydrogens is 251 g/mol. The third-order valence-corrected chi connectivity index (χ3v) is 4.92. The predicted molar refractivity (Wildman–Crippen MR) is 58.5 cm³/mol. The molecule has 0 spiro atoms. The van der Waals surface area contributed by atoms with Gasteiger partial charge in [-0.3, -0.25) is 9.59 Å². The lowest BCUT2D eigenvalue weighted by molar-refractivity contribution is -0.125. The molecule has 1 saturated heterocycles. The van der Waals surface area contributed by atoms with Crippen molar-refractivity contribution < 1.29 is 9.59 Å². The fourth-order valence-electron chi connectivity index (χ4n) is 1.16. The van der Waals surface area contributed by atoms with Crippen LogP contribution in [-0.2, 0) is 9.59 Å². The maximum atomic E-state index is 10.9. The van der Waals surface area contributed by atoms with E-state index in [2.05, 4.69) is 0 Å². The van der Waals surface area contributed by atoms with Crippen molar-refractivity contribution in [2.45, 2.75) is 0 Å². The first-order chi connectivity index (χ1) is 6.13. The van der Waals surface area contributed by atoms with E-state index < -0.39 is 16.4 Å². The summed E-state index contributed by atoms with van der Waals surface area (Å²) in [7, 11) is 0. The Balaban J connectivity index is 2.62. The topological polar surface area (TPSA) is 34.1 Å². The van der Waals surface area contributed by atoms with E-state index in [1.807, 2.05) is 0 Å². The molecular formula is C7H8Cl2O2S2. The summed E-state index contributed by atoms with van der Waals surface area (Å²) in [6.07, 6.45) is 0. The standard InChI is InChI=1S/C7H8Cl2O2S2/c8-6(10)5(7(9)11)4-1-12-3-13-2-4/h4-5H,1-3H2. The van der Waals surface area contributed by atoms with Gasteiger partial charge in [0.1, 0.15) is 5.92 Å². The Morgan fingerprint density at radius 3 is 2.00 bits per heavy atom. The predicted octanol–water partition coefficient (Wildman–Crippen LogP) is 2.19. The van der Waals surface area contributed by atoms with Gasteiger partial charge in [0, 0.05) is 5.08 Å². The van der Waals surface area contributed by atoms with Gasteiger partial charge in [0.2, 0.25) is 10.5 Å². The van der Waals surface area contributed by atoms with Gasteiger partial charge in [-0.1, -0.05) is 0 Å². The molecule has 0 amide bonds. The number of halogens is 2. The molecule has 13 heavy (non-hydrogen) atoms. The number of thioether (sulfide) groups is 2. The van der Waals surface area contributed by atoms with E-state index in [1.165, 1.54) is 0 Å². The minimum absolute atomic E-state index is 0.00116. The Hall–Kier alpha value is 0.620. The maximum absolute atomic E-state index is 10.9. The van der Waals surface area contributed by atoms with Crippen LogP contribution in [0.5, 0.6) is 0 Å². The first-order valence-corrected chi connectivity index (χ1v) is 6.73. The SMILES string of the molecule is O=C(Cl)C(C(=O)Cl)C1CSCSC1. The molecule has 0 aromatic carbocycles. The normalized spacial score (nSPS) is 19.0. The summed E-state index contributed by atoms with van der Waals surface area (Å²) in [4.78, 5) is 21.9. The molecule has 1 aliphatic heterocycles. The molecule has 0 aromatic rings. The van der Waals surface area contributed by atoms with Crippen LogP contribution >= 0.6 is 46.7 Å². The number of hydrogen-bond acceptors (Lipinski definition) is 4. The first kappa shape index (κ1) is 11.7. The van der Waals surface area contributed by atoms with Crippen molar-refractivity contribution in [3.8, 4) is 0 Å². The van der Waals surface area contributed by atoms with Crippen molar-refractivity contribution in [3.05, 3.63) is 0 Å². The van der Waals surface area contributed by atoms with Gasteiger partial charge in [0.25, 0.3) is 0 Å². The molecule has 0 aromatic heterocycles. The van der Waals surface area contributed by atoms with Crippen molar-refractivity contribution in [2.24, 2.45) is 11.8 Å². The number of hydrogen-bond donors (Lipinski definition) is 0. The highest BCUT2D eigenvalue weighted by Gasteiger charge is 2.33. The monoisotopic (exact) mass is 258 g/mol. The second-order valence-corrected chi connectivity index (χ2v) is 5.88. The average molecular weight is 259 g/mol. The minimum Gasteiger partial charge on any atom is -0.280 e. The van der Waals surface area contributed by atoms with Crippen LogP contribution in [0.1, 0.15) is 0 Å². The zero-order valence-electron chi connectivity index (χ0n) is 6.66. The smallest absolute Gasteiger partial charge is 0.233 e. The Bertz CT molecular complexity index is 203. The summed E-state index contributed by atoms with van der Waals surface area (Å²) in [5, 5.41) is -0.253. The Labute approximate surface area is 95.1 Å². The molecule has 1 fully saturated rings. The van der Waals surface area contributed by atoms with Crippen molar-refractivity contribution >= 4 is 57.2 Å². The molecule has 6 heteroatoms. The molecule has 0 saturated carbocycles. The molecule has 1 rings (SSSR count). The average Bonchev–Trinajstić information content (AvgIpc) is 2.04. The molecule has 0 aliphatic carbocycles. The molecule has 0 atom stereocenters. The molecule has 1 aliphatic rings. The van der Waals surface area contributed by atoms with Crippen LogP contribution in [0.15, 0.2) is 0 Å². The van der Waals surface area contributed by atoms with E-state index in [-0.39, 0.29) is 5.92 Å². The lowest BCUT2D eigenvalue weighted by atomic mass is 9.98. The Morgan fingerprint density at radius 1 is 1.15 bits per heavy atom. The van der Waals surface area contributed by atoms with Gasteiger partial charge >= 0.3 is 0 Å². The van der Waals surface area contributed by atoms with Gasteiger partial charge in [-0.05, 0) is 40.6 Å². The quantitative estimate of drug-likeness (QED) is 0.574. The minimum atomic E-state index is -0.816. The van der Waals surface area contributed by atoms with Gasteiger partial charge in [-0.25, -0.2) is 0 Å². The van der Waals surface area contributed by atoms with Gasteiger partial charge in [0.05, 0.1) is 0 Å². The van der Waals surface area contributed by atoms with Crippen molar-refractivity contribution in [3.63, 3.8) is 0 Å². The number of carbonyl (C=O) groups excluding carboxylic acids is 2. The zero-order valence-corrected chi connectivity index (χ0v) is 9.81. The number of rotatable bonds is 3. The lowest BCUT2D eigenvalue weighted by Crippen LogP contribution is -2.31. The summed E-state index contributed by atoms with van der Waals surface area (Å²) in [6, 6.07) is 0. The Kier molecular flexibility index (Phi) is 4.94. The van der Waals surface area contributed by atoms with E-state index in [1.54, 1.807) is 23.5 Å². The van der Waals surface area contributed by atoms with Gasteiger partial charge in [-0.15, -0.1) is 0 Å². The van der Waals surface area contributed by atoms with Crippen LogP contribution in [0.25, 0.3) is 0 Å². The molecule has 74 valence electrons. The molecule has 0 N–H and O–H groups in total. The fraction of sp³-hybridized carbons (Fsp3) is 0.714. The summed E-state index contributed by atoms with van der Waals surface area (Å²) >= 11 is 14.0. The zero-order chi connectivity index (χ0) is 9.84. The van der Waals surface area contributed by atoms with Gasteiger partial charge in [0.15, 0.2) is 0 Å². The van der Waals surface area contributed by atoms with Crippen LogP contribution in [0.3, 0.4) is 0 Å². The van der Waals surface area contributed by atoms with Crippen LogP contribution in [0.4, 0.5) is 0 Å². The highest BCUT2D eigenvalue weighted by molar-refractivity contribution is 8.16. The van der Waals surface area contributed by atoms with Crippen molar-refractivity contribution in [2.75, 3.05) is 16.6 Å². The third-order valence-electron chi connectivity index (χ3n) is 1.79. The van der Waals surface area contributed by atoms with Gasteiger partial charge < -0.3 is 0 Å². The second-order valence-electron chi connectivity index (χ2n) is 2.71. The van der Waals surface area contributed by atoms with Crippen molar-refractivity contribution in [1.82, 2.24) is 0 Å². The summed E-state index contributed by atoms with van der Waals surface area (Å²) in [5.74, 6) is 0.755. The summed E-state index contributed by atoms with van der Waals surface area (Å²) in [6.45, 7) is 0. The van der Waals surface area contributed by atoms with Gasteiger partial charge in [-0.2, -0.15) is 23.5 Å². The highest BCUT2D eigenvalue weighted by atomic mass is 35.5. The van der Waals surface area contributed by atoms with Crippen LogP contribution in [-0.4, -0.2) is 27.1 Å². The largest absolute Gasteiger partial charge is 0.280 e. The lowest BCUT2D eigenvalue weighted by Gasteiger charge is -2.24. The highest BCUT2D eigenvalue weighted by Crippen LogP contribution is 2.32. The van der Waals surface area contributed by atoms with Crippen LogP contribution in [0.2, 0.25) is 0 Å².